The second kappa shape index (κ2) is 7.13. The van der Waals surface area contributed by atoms with Crippen LogP contribution in [0.1, 0.15) is 44.7 Å². The molecule has 0 saturated carbocycles. The van der Waals surface area contributed by atoms with E-state index in [4.69, 9.17) is 5.26 Å². The quantitative estimate of drug-likeness (QED) is 0.834. The van der Waals surface area contributed by atoms with Gasteiger partial charge < -0.3 is 5.32 Å². The van der Waals surface area contributed by atoms with Gasteiger partial charge in [0.25, 0.3) is 0 Å². The maximum atomic E-state index is 13.1. The third-order valence-corrected chi connectivity index (χ3v) is 3.01. The number of benzene rings is 1. The fraction of sp³-hybridized carbons (Fsp3) is 0.533. The van der Waals surface area contributed by atoms with Crippen LogP contribution in [0.4, 0.5) is 4.39 Å². The summed E-state index contributed by atoms with van der Waals surface area (Å²) >= 11 is 0. The lowest BCUT2D eigenvalue weighted by molar-refractivity contribution is 0.450. The molecule has 0 radical (unpaired) electrons. The first-order valence-electron chi connectivity index (χ1n) is 6.44. The lowest BCUT2D eigenvalue weighted by atomic mass is 10.0. The van der Waals surface area contributed by atoms with Gasteiger partial charge in [0.1, 0.15) is 5.82 Å². The van der Waals surface area contributed by atoms with Gasteiger partial charge in [-0.2, -0.15) is 5.26 Å². The summed E-state index contributed by atoms with van der Waals surface area (Å²) in [5.74, 6) is 0.402. The summed E-state index contributed by atoms with van der Waals surface area (Å²) < 4.78 is 13.1. The lowest BCUT2D eigenvalue weighted by Gasteiger charge is -2.15. The van der Waals surface area contributed by atoms with Gasteiger partial charge in [0.05, 0.1) is 11.6 Å². The first-order valence-corrected chi connectivity index (χ1v) is 6.44. The van der Waals surface area contributed by atoms with E-state index in [0.29, 0.717) is 24.1 Å². The number of halogens is 1. The number of rotatable bonds is 6. The first kappa shape index (κ1) is 14.7. The molecule has 1 unspecified atom stereocenters. The molecule has 2 nitrogen and oxygen atoms in total. The molecule has 0 amide bonds. The van der Waals surface area contributed by atoms with Crippen molar-refractivity contribution >= 4 is 0 Å². The number of nitrogens with zero attached hydrogens (tertiary/aromatic N) is 1. The van der Waals surface area contributed by atoms with Crippen LogP contribution in [0.5, 0.6) is 0 Å². The highest BCUT2D eigenvalue weighted by atomic mass is 19.1. The van der Waals surface area contributed by atoms with Crippen LogP contribution in [0.15, 0.2) is 18.2 Å². The highest BCUT2D eigenvalue weighted by molar-refractivity contribution is 5.37. The van der Waals surface area contributed by atoms with Crippen LogP contribution in [0.2, 0.25) is 0 Å². The largest absolute Gasteiger partial charge is 0.310 e. The normalized spacial score (nSPS) is 12.4. The fourth-order valence-corrected chi connectivity index (χ4v) is 1.79. The molecule has 0 aliphatic carbocycles. The average molecular weight is 248 g/mol. The van der Waals surface area contributed by atoms with Crippen LogP contribution in [0.3, 0.4) is 0 Å². The highest BCUT2D eigenvalue weighted by Gasteiger charge is 2.07. The minimum Gasteiger partial charge on any atom is -0.310 e. The predicted molar refractivity (Wildman–Crippen MR) is 71.5 cm³/mol. The molecule has 0 fully saturated rings. The maximum Gasteiger partial charge on any atom is 0.123 e. The van der Waals surface area contributed by atoms with E-state index in [1.807, 2.05) is 0 Å². The summed E-state index contributed by atoms with van der Waals surface area (Å²) in [5, 5.41) is 12.3. The van der Waals surface area contributed by atoms with E-state index in [1.165, 1.54) is 24.6 Å². The molecule has 3 heteroatoms. The minimum atomic E-state index is -0.291. The topological polar surface area (TPSA) is 35.8 Å². The molecule has 1 N–H and O–H groups in total. The van der Waals surface area contributed by atoms with E-state index in [-0.39, 0.29) is 5.82 Å². The van der Waals surface area contributed by atoms with Crippen LogP contribution in [-0.4, -0.2) is 6.04 Å². The summed E-state index contributed by atoms with van der Waals surface area (Å²) in [6.07, 6.45) is 2.26. The molecule has 0 aliphatic rings. The van der Waals surface area contributed by atoms with Gasteiger partial charge >= 0.3 is 0 Å². The van der Waals surface area contributed by atoms with Gasteiger partial charge in [-0.1, -0.05) is 13.8 Å². The summed E-state index contributed by atoms with van der Waals surface area (Å²) in [6, 6.07) is 6.75. The molecule has 18 heavy (non-hydrogen) atoms. The Morgan fingerprint density at radius 1 is 1.28 bits per heavy atom. The van der Waals surface area contributed by atoms with Gasteiger partial charge in [-0.05, 0) is 49.4 Å². The average Bonchev–Trinajstić information content (AvgIpc) is 2.34. The van der Waals surface area contributed by atoms with Gasteiger partial charge in [-0.25, -0.2) is 4.39 Å². The SMILES string of the molecule is CC(C)CCC(C)NCc1cc(F)ccc1C#N. The Labute approximate surface area is 109 Å². The Balaban J connectivity index is 2.53. The van der Waals surface area contributed by atoms with Crippen molar-refractivity contribution in [2.75, 3.05) is 0 Å². The number of nitriles is 1. The second-order valence-corrected chi connectivity index (χ2v) is 5.17. The van der Waals surface area contributed by atoms with Crippen molar-refractivity contribution in [1.82, 2.24) is 5.32 Å². The summed E-state index contributed by atoms with van der Waals surface area (Å²) in [5.41, 5.74) is 1.27. The van der Waals surface area contributed by atoms with Crippen molar-refractivity contribution in [2.24, 2.45) is 5.92 Å². The van der Waals surface area contributed by atoms with Crippen LogP contribution in [0, 0.1) is 23.1 Å². The van der Waals surface area contributed by atoms with E-state index in [2.05, 4.69) is 32.2 Å². The first-order chi connectivity index (χ1) is 8.52. The maximum absolute atomic E-state index is 13.1. The molecule has 98 valence electrons. The molecular weight excluding hydrogens is 227 g/mol. The molecule has 0 aromatic heterocycles. The monoisotopic (exact) mass is 248 g/mol. The van der Waals surface area contributed by atoms with E-state index in [9.17, 15) is 4.39 Å². The predicted octanol–water partition coefficient (Wildman–Crippen LogP) is 3.61. The van der Waals surface area contributed by atoms with Crippen molar-refractivity contribution in [2.45, 2.75) is 46.2 Å². The van der Waals surface area contributed by atoms with Crippen LogP contribution < -0.4 is 5.32 Å². The van der Waals surface area contributed by atoms with Crippen molar-refractivity contribution in [3.05, 3.63) is 35.1 Å². The van der Waals surface area contributed by atoms with Gasteiger partial charge in [0.15, 0.2) is 0 Å². The zero-order valence-electron chi connectivity index (χ0n) is 11.3. The molecule has 1 aromatic carbocycles. The van der Waals surface area contributed by atoms with Gasteiger partial charge in [0, 0.05) is 12.6 Å². The van der Waals surface area contributed by atoms with Gasteiger partial charge in [-0.3, -0.25) is 0 Å². The number of hydrogen-bond donors (Lipinski definition) is 1. The zero-order valence-corrected chi connectivity index (χ0v) is 11.3. The van der Waals surface area contributed by atoms with Gasteiger partial charge in [-0.15, -0.1) is 0 Å². The minimum absolute atomic E-state index is 0.291. The van der Waals surface area contributed by atoms with Crippen molar-refractivity contribution in [1.29, 1.82) is 5.26 Å². The van der Waals surface area contributed by atoms with E-state index < -0.39 is 0 Å². The molecule has 1 atom stereocenters. The van der Waals surface area contributed by atoms with Crippen LogP contribution in [-0.2, 0) is 6.54 Å². The summed E-state index contributed by atoms with van der Waals surface area (Å²) in [6.45, 7) is 7.06. The highest BCUT2D eigenvalue weighted by Crippen LogP contribution is 2.12. The van der Waals surface area contributed by atoms with Crippen molar-refractivity contribution in [3.63, 3.8) is 0 Å². The van der Waals surface area contributed by atoms with Crippen molar-refractivity contribution < 1.29 is 4.39 Å². The Morgan fingerprint density at radius 3 is 2.61 bits per heavy atom. The molecule has 0 spiro atoms. The summed E-state index contributed by atoms with van der Waals surface area (Å²) in [7, 11) is 0. The number of hydrogen-bond acceptors (Lipinski definition) is 2. The molecular formula is C15H21FN2. The van der Waals surface area contributed by atoms with E-state index >= 15 is 0 Å². The third kappa shape index (κ3) is 4.85. The standard InChI is InChI=1S/C15H21FN2/c1-11(2)4-5-12(3)18-10-14-8-15(16)7-6-13(14)9-17/h6-8,11-12,18H,4-5,10H2,1-3H3. The lowest BCUT2D eigenvalue weighted by Crippen LogP contribution is -2.26. The second-order valence-electron chi connectivity index (χ2n) is 5.17. The van der Waals surface area contributed by atoms with Crippen LogP contribution in [0.25, 0.3) is 0 Å². The Morgan fingerprint density at radius 2 is 2.00 bits per heavy atom. The van der Waals surface area contributed by atoms with Crippen molar-refractivity contribution in [3.8, 4) is 6.07 Å². The fourth-order valence-electron chi connectivity index (χ4n) is 1.79. The summed E-state index contributed by atoms with van der Waals surface area (Å²) in [4.78, 5) is 0. The van der Waals surface area contributed by atoms with Crippen LogP contribution >= 0.6 is 0 Å². The Bertz CT molecular complexity index is 421. The smallest absolute Gasteiger partial charge is 0.123 e. The molecule has 0 bridgehead atoms. The molecule has 0 heterocycles. The van der Waals surface area contributed by atoms with E-state index in [1.54, 1.807) is 0 Å². The van der Waals surface area contributed by atoms with E-state index in [0.717, 1.165) is 12.0 Å². The third-order valence-electron chi connectivity index (χ3n) is 3.01. The zero-order chi connectivity index (χ0) is 13.5. The number of nitrogens with one attached hydrogen (secondary N) is 1. The Kier molecular flexibility index (Phi) is 5.80. The molecule has 0 saturated heterocycles. The molecule has 0 aliphatic heterocycles. The van der Waals surface area contributed by atoms with Gasteiger partial charge in [0.2, 0.25) is 0 Å². The Hall–Kier alpha value is -1.40. The molecule has 1 aromatic rings. The molecule has 1 rings (SSSR count).